The van der Waals surface area contributed by atoms with E-state index in [9.17, 15) is 0 Å². The SMILES string of the molecule is CN1CCCC(CNCc2cnnn2C)C1. The molecule has 2 heterocycles. The number of rotatable bonds is 4. The van der Waals surface area contributed by atoms with E-state index in [0.717, 1.165) is 24.7 Å². The largest absolute Gasteiger partial charge is 0.311 e. The van der Waals surface area contributed by atoms with Gasteiger partial charge in [0.2, 0.25) is 0 Å². The van der Waals surface area contributed by atoms with Gasteiger partial charge in [-0.15, -0.1) is 5.10 Å². The normalized spacial score (nSPS) is 22.5. The highest BCUT2D eigenvalue weighted by Gasteiger charge is 2.16. The molecule has 0 bridgehead atoms. The average Bonchev–Trinajstić information content (AvgIpc) is 2.65. The summed E-state index contributed by atoms with van der Waals surface area (Å²) in [6, 6.07) is 0. The maximum Gasteiger partial charge on any atom is 0.0738 e. The molecule has 1 fully saturated rings. The fourth-order valence-corrected chi connectivity index (χ4v) is 2.32. The molecule has 90 valence electrons. The van der Waals surface area contributed by atoms with Gasteiger partial charge in [-0.2, -0.15) is 0 Å². The predicted octanol–water partition coefficient (Wildman–Crippen LogP) is 0.246. The molecule has 1 aromatic heterocycles. The van der Waals surface area contributed by atoms with Crippen LogP contribution >= 0.6 is 0 Å². The van der Waals surface area contributed by atoms with Crippen LogP contribution in [0.4, 0.5) is 0 Å². The molecule has 1 unspecified atom stereocenters. The highest BCUT2D eigenvalue weighted by Crippen LogP contribution is 2.13. The summed E-state index contributed by atoms with van der Waals surface area (Å²) in [6.07, 6.45) is 4.50. The second-order valence-electron chi connectivity index (χ2n) is 4.75. The van der Waals surface area contributed by atoms with Crippen LogP contribution in [0.25, 0.3) is 0 Å². The van der Waals surface area contributed by atoms with Gasteiger partial charge in [0.1, 0.15) is 0 Å². The summed E-state index contributed by atoms with van der Waals surface area (Å²) >= 11 is 0. The molecule has 0 radical (unpaired) electrons. The number of nitrogens with zero attached hydrogens (tertiary/aromatic N) is 4. The van der Waals surface area contributed by atoms with Gasteiger partial charge in [-0.3, -0.25) is 4.68 Å². The van der Waals surface area contributed by atoms with Crippen LogP contribution in [0.2, 0.25) is 0 Å². The molecule has 0 spiro atoms. The first-order valence-electron chi connectivity index (χ1n) is 5.98. The summed E-state index contributed by atoms with van der Waals surface area (Å²) in [7, 11) is 4.13. The van der Waals surface area contributed by atoms with Crippen LogP contribution in [0, 0.1) is 5.92 Å². The molecule has 1 aromatic rings. The Morgan fingerprint density at radius 1 is 1.50 bits per heavy atom. The number of hydrogen-bond acceptors (Lipinski definition) is 4. The van der Waals surface area contributed by atoms with Crippen molar-refractivity contribution in [3.05, 3.63) is 11.9 Å². The molecular formula is C11H21N5. The number of hydrogen-bond donors (Lipinski definition) is 1. The van der Waals surface area contributed by atoms with Gasteiger partial charge < -0.3 is 10.2 Å². The van der Waals surface area contributed by atoms with Crippen molar-refractivity contribution in [1.82, 2.24) is 25.2 Å². The monoisotopic (exact) mass is 223 g/mol. The molecule has 0 amide bonds. The Balaban J connectivity index is 1.70. The molecule has 0 saturated carbocycles. The first-order chi connectivity index (χ1) is 7.75. The Hall–Kier alpha value is -0.940. The lowest BCUT2D eigenvalue weighted by atomic mass is 9.98. The number of aryl methyl sites for hydroxylation is 1. The van der Waals surface area contributed by atoms with E-state index in [0.29, 0.717) is 0 Å². The van der Waals surface area contributed by atoms with Gasteiger partial charge in [0.05, 0.1) is 11.9 Å². The number of piperidine rings is 1. The lowest BCUT2D eigenvalue weighted by Gasteiger charge is -2.29. The Kier molecular flexibility index (Phi) is 3.90. The Labute approximate surface area is 96.8 Å². The van der Waals surface area contributed by atoms with E-state index in [1.807, 2.05) is 17.9 Å². The van der Waals surface area contributed by atoms with Gasteiger partial charge in [-0.25, -0.2) is 0 Å². The van der Waals surface area contributed by atoms with Crippen molar-refractivity contribution in [2.45, 2.75) is 19.4 Å². The van der Waals surface area contributed by atoms with Crippen LogP contribution in [0.1, 0.15) is 18.5 Å². The maximum absolute atomic E-state index is 3.91. The molecule has 1 atom stereocenters. The summed E-state index contributed by atoms with van der Waals surface area (Å²) in [5, 5.41) is 11.3. The van der Waals surface area contributed by atoms with Crippen molar-refractivity contribution in [1.29, 1.82) is 0 Å². The van der Waals surface area contributed by atoms with E-state index in [1.165, 1.54) is 25.9 Å². The first kappa shape index (κ1) is 11.5. The van der Waals surface area contributed by atoms with Gasteiger partial charge in [-0.1, -0.05) is 5.21 Å². The van der Waals surface area contributed by atoms with Gasteiger partial charge in [0.15, 0.2) is 0 Å². The van der Waals surface area contributed by atoms with Crippen molar-refractivity contribution in [3.63, 3.8) is 0 Å². The van der Waals surface area contributed by atoms with E-state index in [4.69, 9.17) is 0 Å². The van der Waals surface area contributed by atoms with Crippen molar-refractivity contribution < 1.29 is 0 Å². The minimum absolute atomic E-state index is 0.792. The predicted molar refractivity (Wildman–Crippen MR) is 62.9 cm³/mol. The molecular weight excluding hydrogens is 202 g/mol. The molecule has 5 heteroatoms. The average molecular weight is 223 g/mol. The number of nitrogens with one attached hydrogen (secondary N) is 1. The van der Waals surface area contributed by atoms with Gasteiger partial charge in [-0.05, 0) is 38.9 Å². The highest BCUT2D eigenvalue weighted by atomic mass is 15.4. The van der Waals surface area contributed by atoms with Crippen LogP contribution in [0.15, 0.2) is 6.20 Å². The highest BCUT2D eigenvalue weighted by molar-refractivity contribution is 4.92. The molecule has 1 aliphatic heterocycles. The number of aromatic nitrogens is 3. The molecule has 1 saturated heterocycles. The second-order valence-corrected chi connectivity index (χ2v) is 4.75. The first-order valence-corrected chi connectivity index (χ1v) is 5.98. The summed E-state index contributed by atoms with van der Waals surface area (Å²) in [5.74, 6) is 0.792. The summed E-state index contributed by atoms with van der Waals surface area (Å²) in [5.41, 5.74) is 1.14. The smallest absolute Gasteiger partial charge is 0.0738 e. The third-order valence-corrected chi connectivity index (χ3v) is 3.27. The zero-order valence-electron chi connectivity index (χ0n) is 10.2. The standard InChI is InChI=1S/C11H21N5/c1-15-5-3-4-10(9-15)6-12-7-11-8-13-14-16(11)2/h8,10,12H,3-7,9H2,1-2H3. The Bertz CT molecular complexity index is 322. The quantitative estimate of drug-likeness (QED) is 0.794. The van der Waals surface area contributed by atoms with E-state index in [-0.39, 0.29) is 0 Å². The van der Waals surface area contributed by atoms with Crippen LogP contribution < -0.4 is 5.32 Å². The fourth-order valence-electron chi connectivity index (χ4n) is 2.32. The second kappa shape index (κ2) is 5.41. The molecule has 0 aliphatic carbocycles. The van der Waals surface area contributed by atoms with Gasteiger partial charge in [0.25, 0.3) is 0 Å². The third kappa shape index (κ3) is 3.02. The summed E-state index contributed by atoms with van der Waals surface area (Å²) < 4.78 is 1.82. The van der Waals surface area contributed by atoms with Crippen molar-refractivity contribution in [3.8, 4) is 0 Å². The maximum atomic E-state index is 3.91. The zero-order chi connectivity index (χ0) is 11.4. The molecule has 1 aliphatic rings. The minimum atomic E-state index is 0.792. The van der Waals surface area contributed by atoms with Gasteiger partial charge >= 0.3 is 0 Å². The van der Waals surface area contributed by atoms with E-state index < -0.39 is 0 Å². The molecule has 0 aromatic carbocycles. The van der Waals surface area contributed by atoms with E-state index in [2.05, 4.69) is 27.6 Å². The van der Waals surface area contributed by atoms with Crippen LogP contribution in [0.5, 0.6) is 0 Å². The van der Waals surface area contributed by atoms with Gasteiger partial charge in [0, 0.05) is 20.1 Å². The zero-order valence-corrected chi connectivity index (χ0v) is 10.2. The Morgan fingerprint density at radius 3 is 3.06 bits per heavy atom. The van der Waals surface area contributed by atoms with Crippen molar-refractivity contribution in [2.75, 3.05) is 26.7 Å². The van der Waals surface area contributed by atoms with E-state index in [1.54, 1.807) is 0 Å². The van der Waals surface area contributed by atoms with Crippen LogP contribution in [-0.4, -0.2) is 46.6 Å². The Morgan fingerprint density at radius 2 is 2.38 bits per heavy atom. The van der Waals surface area contributed by atoms with Crippen molar-refractivity contribution >= 4 is 0 Å². The summed E-state index contributed by atoms with van der Waals surface area (Å²) in [4.78, 5) is 2.42. The lowest BCUT2D eigenvalue weighted by Crippen LogP contribution is -2.37. The molecule has 1 N–H and O–H groups in total. The molecule has 2 rings (SSSR count). The molecule has 16 heavy (non-hydrogen) atoms. The molecule has 5 nitrogen and oxygen atoms in total. The summed E-state index contributed by atoms with van der Waals surface area (Å²) in [6.45, 7) is 4.43. The van der Waals surface area contributed by atoms with Crippen LogP contribution in [-0.2, 0) is 13.6 Å². The van der Waals surface area contributed by atoms with E-state index >= 15 is 0 Å². The lowest BCUT2D eigenvalue weighted by molar-refractivity contribution is 0.206. The number of likely N-dealkylation sites (tertiary alicyclic amines) is 1. The third-order valence-electron chi connectivity index (χ3n) is 3.27. The van der Waals surface area contributed by atoms with Crippen LogP contribution in [0.3, 0.4) is 0 Å². The fraction of sp³-hybridized carbons (Fsp3) is 0.818. The topological polar surface area (TPSA) is 46.0 Å². The van der Waals surface area contributed by atoms with Crippen molar-refractivity contribution in [2.24, 2.45) is 13.0 Å². The minimum Gasteiger partial charge on any atom is -0.311 e.